The molecule has 0 fully saturated rings. The van der Waals surface area contributed by atoms with Crippen molar-refractivity contribution < 1.29 is 23.6 Å². The topological polar surface area (TPSA) is 109 Å². The highest BCUT2D eigenvalue weighted by atomic mass is 16.6. The molecule has 8 nitrogen and oxygen atoms in total. The molecule has 0 N–H and O–H groups in total. The van der Waals surface area contributed by atoms with Gasteiger partial charge in [0.2, 0.25) is 5.75 Å². The number of nitro groups is 1. The Balaban J connectivity index is 2.53. The van der Waals surface area contributed by atoms with Gasteiger partial charge in [0.15, 0.2) is 6.10 Å². The normalized spacial score (nSPS) is 12.0. The van der Waals surface area contributed by atoms with Crippen molar-refractivity contribution in [2.24, 2.45) is 0 Å². The molecular formula is C15H15NO7. The van der Waals surface area contributed by atoms with Gasteiger partial charge in [-0.2, -0.15) is 0 Å². The smallest absolute Gasteiger partial charge is 0.347 e. The van der Waals surface area contributed by atoms with E-state index in [0.717, 1.165) is 0 Å². The first-order chi connectivity index (χ1) is 10.8. The second kappa shape index (κ2) is 6.47. The van der Waals surface area contributed by atoms with E-state index in [4.69, 9.17) is 13.9 Å². The van der Waals surface area contributed by atoms with Crippen LogP contribution in [-0.4, -0.2) is 23.6 Å². The van der Waals surface area contributed by atoms with Crippen LogP contribution < -0.4 is 10.4 Å². The van der Waals surface area contributed by atoms with Gasteiger partial charge in [-0.1, -0.05) is 0 Å². The minimum atomic E-state index is -1.04. The first-order valence-corrected chi connectivity index (χ1v) is 6.89. The minimum Gasteiger partial charge on any atom is -0.472 e. The molecule has 0 aliphatic rings. The van der Waals surface area contributed by atoms with Crippen LogP contribution in [0.3, 0.4) is 0 Å². The molecule has 2 rings (SSSR count). The van der Waals surface area contributed by atoms with Crippen LogP contribution in [0.5, 0.6) is 5.75 Å². The Morgan fingerprint density at radius 1 is 1.39 bits per heavy atom. The van der Waals surface area contributed by atoms with Crippen molar-refractivity contribution in [1.29, 1.82) is 0 Å². The highest BCUT2D eigenvalue weighted by Crippen LogP contribution is 2.33. The Morgan fingerprint density at radius 3 is 2.70 bits per heavy atom. The number of carbonyl (C=O) groups is 1. The summed E-state index contributed by atoms with van der Waals surface area (Å²) in [6.07, 6.45) is -1.04. The summed E-state index contributed by atoms with van der Waals surface area (Å²) in [7, 11) is 0. The number of nitro benzene ring substituents is 1. The number of carbonyl (C=O) groups excluding carboxylic acids is 1. The monoisotopic (exact) mass is 321 g/mol. The molecular weight excluding hydrogens is 306 g/mol. The van der Waals surface area contributed by atoms with Crippen LogP contribution in [0.25, 0.3) is 11.0 Å². The zero-order chi connectivity index (χ0) is 17.1. The second-order valence-corrected chi connectivity index (χ2v) is 4.83. The molecule has 122 valence electrons. The molecule has 0 spiro atoms. The largest absolute Gasteiger partial charge is 0.472 e. The summed E-state index contributed by atoms with van der Waals surface area (Å²) in [6, 6.07) is 3.73. The highest BCUT2D eigenvalue weighted by molar-refractivity contribution is 5.85. The Bertz CT molecular complexity index is 824. The van der Waals surface area contributed by atoms with E-state index in [0.29, 0.717) is 10.9 Å². The number of aryl methyl sites for hydroxylation is 1. The SMILES string of the molecule is CCOC(=O)C(C)Oc1cc2oc(=O)cc(C)c2cc1[N+](=O)[O-]. The van der Waals surface area contributed by atoms with Crippen LogP contribution in [0.2, 0.25) is 0 Å². The molecule has 0 saturated carbocycles. The van der Waals surface area contributed by atoms with Gasteiger partial charge in [0, 0.05) is 23.6 Å². The maximum atomic E-state index is 11.6. The lowest BCUT2D eigenvalue weighted by Crippen LogP contribution is -2.26. The molecule has 1 unspecified atom stereocenters. The summed E-state index contributed by atoms with van der Waals surface area (Å²) < 4.78 is 15.2. The van der Waals surface area contributed by atoms with Gasteiger partial charge in [0.05, 0.1) is 11.5 Å². The van der Waals surface area contributed by atoms with Gasteiger partial charge in [-0.3, -0.25) is 10.1 Å². The summed E-state index contributed by atoms with van der Waals surface area (Å²) in [5.41, 5.74) is -0.213. The average Bonchev–Trinajstić information content (AvgIpc) is 2.46. The van der Waals surface area contributed by atoms with Crippen molar-refractivity contribution in [3.63, 3.8) is 0 Å². The van der Waals surface area contributed by atoms with E-state index in [2.05, 4.69) is 0 Å². The predicted octanol–water partition coefficient (Wildman–Crippen LogP) is 2.34. The predicted molar refractivity (Wildman–Crippen MR) is 80.6 cm³/mol. The number of benzene rings is 1. The van der Waals surface area contributed by atoms with Gasteiger partial charge in [-0.25, -0.2) is 9.59 Å². The Labute approximate surface area is 130 Å². The van der Waals surface area contributed by atoms with E-state index in [1.807, 2.05) is 0 Å². The van der Waals surface area contributed by atoms with E-state index in [1.165, 1.54) is 25.1 Å². The average molecular weight is 321 g/mol. The van der Waals surface area contributed by atoms with Crippen LogP contribution in [0.4, 0.5) is 5.69 Å². The van der Waals surface area contributed by atoms with Crippen LogP contribution in [0.1, 0.15) is 19.4 Å². The Hall–Kier alpha value is -2.90. The quantitative estimate of drug-likeness (QED) is 0.360. The van der Waals surface area contributed by atoms with Crippen LogP contribution >= 0.6 is 0 Å². The lowest BCUT2D eigenvalue weighted by Gasteiger charge is -2.14. The van der Waals surface area contributed by atoms with Crippen molar-refractivity contribution in [2.45, 2.75) is 26.9 Å². The van der Waals surface area contributed by atoms with Gasteiger partial charge >= 0.3 is 17.3 Å². The lowest BCUT2D eigenvalue weighted by molar-refractivity contribution is -0.385. The minimum absolute atomic E-state index is 0.145. The first kappa shape index (κ1) is 16.5. The first-order valence-electron chi connectivity index (χ1n) is 6.89. The fourth-order valence-corrected chi connectivity index (χ4v) is 2.07. The van der Waals surface area contributed by atoms with Crippen molar-refractivity contribution >= 4 is 22.6 Å². The van der Waals surface area contributed by atoms with Gasteiger partial charge in [-0.05, 0) is 26.3 Å². The van der Waals surface area contributed by atoms with Gasteiger partial charge < -0.3 is 13.9 Å². The highest BCUT2D eigenvalue weighted by Gasteiger charge is 2.24. The summed E-state index contributed by atoms with van der Waals surface area (Å²) in [4.78, 5) is 33.7. The molecule has 0 aliphatic carbocycles. The molecule has 23 heavy (non-hydrogen) atoms. The maximum absolute atomic E-state index is 11.6. The zero-order valence-electron chi connectivity index (χ0n) is 12.8. The molecule has 0 saturated heterocycles. The number of hydrogen-bond acceptors (Lipinski definition) is 7. The molecule has 8 heteroatoms. The van der Waals surface area contributed by atoms with Crippen LogP contribution in [0.15, 0.2) is 27.4 Å². The van der Waals surface area contributed by atoms with E-state index >= 15 is 0 Å². The summed E-state index contributed by atoms with van der Waals surface area (Å²) in [5.74, 6) is -0.815. The van der Waals surface area contributed by atoms with E-state index < -0.39 is 22.6 Å². The Morgan fingerprint density at radius 2 is 2.09 bits per heavy atom. The number of rotatable bonds is 5. The molecule has 2 aromatic rings. The van der Waals surface area contributed by atoms with Crippen molar-refractivity contribution in [3.05, 3.63) is 44.3 Å². The fourth-order valence-electron chi connectivity index (χ4n) is 2.07. The molecule has 0 radical (unpaired) electrons. The number of fused-ring (bicyclic) bond motifs is 1. The van der Waals surface area contributed by atoms with Crippen molar-refractivity contribution in [2.75, 3.05) is 6.61 Å². The molecule has 0 amide bonds. The standard InChI is InChI=1S/C15H15NO7/c1-4-21-15(18)9(3)22-13-7-12-10(6-11(13)16(19)20)8(2)5-14(17)23-12/h5-7,9H,4H2,1-3H3. The van der Waals surface area contributed by atoms with Gasteiger partial charge in [-0.15, -0.1) is 0 Å². The maximum Gasteiger partial charge on any atom is 0.347 e. The van der Waals surface area contributed by atoms with Crippen LogP contribution in [-0.2, 0) is 9.53 Å². The van der Waals surface area contributed by atoms with Crippen LogP contribution in [0, 0.1) is 17.0 Å². The number of esters is 1. The number of nitrogens with zero attached hydrogens (tertiary/aromatic N) is 1. The molecule has 1 atom stereocenters. The zero-order valence-corrected chi connectivity index (χ0v) is 12.8. The number of hydrogen-bond donors (Lipinski definition) is 0. The fraction of sp³-hybridized carbons (Fsp3) is 0.333. The third kappa shape index (κ3) is 3.47. The third-order valence-electron chi connectivity index (χ3n) is 3.15. The van der Waals surface area contributed by atoms with Gasteiger partial charge in [0.25, 0.3) is 0 Å². The third-order valence-corrected chi connectivity index (χ3v) is 3.15. The second-order valence-electron chi connectivity index (χ2n) is 4.83. The van der Waals surface area contributed by atoms with E-state index in [-0.39, 0.29) is 23.6 Å². The summed E-state index contributed by atoms with van der Waals surface area (Å²) >= 11 is 0. The number of ether oxygens (including phenoxy) is 2. The van der Waals surface area contributed by atoms with E-state index in [1.54, 1.807) is 13.8 Å². The molecule has 1 heterocycles. The molecule has 1 aromatic carbocycles. The molecule has 0 bridgehead atoms. The molecule has 0 aliphatic heterocycles. The Kier molecular flexibility index (Phi) is 4.63. The van der Waals surface area contributed by atoms with Gasteiger partial charge in [0.1, 0.15) is 5.58 Å². The summed E-state index contributed by atoms with van der Waals surface area (Å²) in [6.45, 7) is 4.87. The van der Waals surface area contributed by atoms with Crippen molar-refractivity contribution in [3.8, 4) is 5.75 Å². The summed E-state index contributed by atoms with van der Waals surface area (Å²) in [5, 5.41) is 11.7. The molecule has 1 aromatic heterocycles. The van der Waals surface area contributed by atoms with Crippen molar-refractivity contribution in [1.82, 2.24) is 0 Å². The lowest BCUT2D eigenvalue weighted by atomic mass is 10.1. The van der Waals surface area contributed by atoms with E-state index in [9.17, 15) is 19.7 Å².